The van der Waals surface area contributed by atoms with Crippen LogP contribution in [0.1, 0.15) is 6.92 Å². The van der Waals surface area contributed by atoms with E-state index in [1.54, 1.807) is 23.6 Å². The molecular weight excluding hydrogens is 240 g/mol. The number of hydrogen-bond donors (Lipinski definition) is 2. The van der Waals surface area contributed by atoms with E-state index < -0.39 is 18.1 Å². The zero-order valence-corrected chi connectivity index (χ0v) is 10.5. The van der Waals surface area contributed by atoms with Gasteiger partial charge in [0.1, 0.15) is 6.04 Å². The van der Waals surface area contributed by atoms with E-state index >= 15 is 0 Å². The Morgan fingerprint density at radius 3 is 3.00 bits per heavy atom. The second-order valence-corrected chi connectivity index (χ2v) is 4.91. The summed E-state index contributed by atoms with van der Waals surface area (Å²) in [7, 11) is 0. The van der Waals surface area contributed by atoms with Crippen molar-refractivity contribution in [2.24, 2.45) is 0 Å². The number of amides is 1. The smallest absolute Gasteiger partial charge is 0.321 e. The summed E-state index contributed by atoms with van der Waals surface area (Å²) < 4.78 is 0. The first kappa shape index (κ1) is 13.9. The van der Waals surface area contributed by atoms with Gasteiger partial charge in [0.2, 0.25) is 5.91 Å². The quantitative estimate of drug-likeness (QED) is 0.671. The summed E-state index contributed by atoms with van der Waals surface area (Å²) in [6.45, 7) is 2.48. The monoisotopic (exact) mass is 256 g/mol. The number of carbonyl (C=O) groups excluding carboxylic acids is 1. The summed E-state index contributed by atoms with van der Waals surface area (Å²) in [5.74, 6) is 2.58. The van der Waals surface area contributed by atoms with E-state index in [0.29, 0.717) is 12.3 Å². The molecule has 0 aliphatic carbocycles. The molecule has 0 aromatic carbocycles. The Labute approximate surface area is 105 Å². The molecule has 5 nitrogen and oxygen atoms in total. The van der Waals surface area contributed by atoms with E-state index in [-0.39, 0.29) is 12.5 Å². The minimum atomic E-state index is -0.881. The van der Waals surface area contributed by atoms with Crippen molar-refractivity contribution in [1.82, 2.24) is 10.2 Å². The SMILES string of the molecule is C#CCNC(=O)C(C)N1CCSCC1C(=O)O. The molecule has 2 N–H and O–H groups in total. The zero-order chi connectivity index (χ0) is 12.8. The number of carbonyl (C=O) groups is 2. The third-order valence-electron chi connectivity index (χ3n) is 2.70. The van der Waals surface area contributed by atoms with Crippen LogP contribution in [0.4, 0.5) is 0 Å². The van der Waals surface area contributed by atoms with Crippen LogP contribution in [-0.2, 0) is 9.59 Å². The lowest BCUT2D eigenvalue weighted by atomic mass is 10.2. The van der Waals surface area contributed by atoms with Gasteiger partial charge in [-0.1, -0.05) is 5.92 Å². The van der Waals surface area contributed by atoms with Crippen molar-refractivity contribution in [2.75, 3.05) is 24.6 Å². The number of nitrogens with zero attached hydrogens (tertiary/aromatic N) is 1. The first-order chi connectivity index (χ1) is 8.07. The fourth-order valence-electron chi connectivity index (χ4n) is 1.73. The van der Waals surface area contributed by atoms with Gasteiger partial charge in [0.25, 0.3) is 0 Å². The largest absolute Gasteiger partial charge is 0.480 e. The third-order valence-corrected chi connectivity index (χ3v) is 3.72. The normalized spacial score (nSPS) is 22.5. The first-order valence-corrected chi connectivity index (χ1v) is 6.51. The van der Waals surface area contributed by atoms with Gasteiger partial charge in [-0.05, 0) is 6.92 Å². The molecule has 1 heterocycles. The van der Waals surface area contributed by atoms with Gasteiger partial charge in [0.05, 0.1) is 12.6 Å². The average Bonchev–Trinajstić information content (AvgIpc) is 2.34. The van der Waals surface area contributed by atoms with Crippen molar-refractivity contribution in [2.45, 2.75) is 19.0 Å². The van der Waals surface area contributed by atoms with Gasteiger partial charge in [-0.3, -0.25) is 14.5 Å². The van der Waals surface area contributed by atoms with Crippen LogP contribution in [0.15, 0.2) is 0 Å². The molecule has 0 radical (unpaired) electrons. The van der Waals surface area contributed by atoms with Gasteiger partial charge in [-0.25, -0.2) is 0 Å². The topological polar surface area (TPSA) is 69.6 Å². The molecule has 2 unspecified atom stereocenters. The molecule has 0 aromatic heterocycles. The molecule has 1 fully saturated rings. The van der Waals surface area contributed by atoms with Gasteiger partial charge in [-0.15, -0.1) is 6.42 Å². The van der Waals surface area contributed by atoms with Crippen molar-refractivity contribution >= 4 is 23.6 Å². The molecule has 1 aliphatic heterocycles. The van der Waals surface area contributed by atoms with Crippen molar-refractivity contribution in [3.05, 3.63) is 0 Å². The maximum absolute atomic E-state index is 11.7. The fourth-order valence-corrected chi connectivity index (χ4v) is 2.79. The van der Waals surface area contributed by atoms with Crippen LogP contribution in [0.25, 0.3) is 0 Å². The Bertz CT molecular complexity index is 340. The molecule has 0 saturated carbocycles. The molecule has 0 spiro atoms. The first-order valence-electron chi connectivity index (χ1n) is 5.35. The number of carboxylic acids is 1. The van der Waals surface area contributed by atoms with Crippen LogP contribution in [0.2, 0.25) is 0 Å². The van der Waals surface area contributed by atoms with E-state index in [9.17, 15) is 9.59 Å². The highest BCUT2D eigenvalue weighted by Crippen LogP contribution is 2.19. The zero-order valence-electron chi connectivity index (χ0n) is 9.68. The van der Waals surface area contributed by atoms with E-state index in [0.717, 1.165) is 5.75 Å². The summed E-state index contributed by atoms with van der Waals surface area (Å²) >= 11 is 1.60. The van der Waals surface area contributed by atoms with Crippen LogP contribution >= 0.6 is 11.8 Å². The van der Waals surface area contributed by atoms with E-state index in [1.807, 2.05) is 0 Å². The molecule has 1 amide bonds. The minimum absolute atomic E-state index is 0.170. The molecule has 17 heavy (non-hydrogen) atoms. The predicted octanol–water partition coefficient (Wildman–Crippen LogP) is -0.374. The molecular formula is C11H16N2O3S. The summed E-state index contributed by atoms with van der Waals surface area (Å²) in [4.78, 5) is 24.5. The molecule has 94 valence electrons. The molecule has 1 rings (SSSR count). The fraction of sp³-hybridized carbons (Fsp3) is 0.636. The second kappa shape index (κ2) is 6.52. The van der Waals surface area contributed by atoms with Gasteiger partial charge < -0.3 is 10.4 Å². The molecule has 2 atom stereocenters. The number of rotatable bonds is 4. The van der Waals surface area contributed by atoms with Crippen LogP contribution in [-0.4, -0.2) is 58.6 Å². The number of nitrogens with one attached hydrogen (secondary N) is 1. The summed E-state index contributed by atoms with van der Waals surface area (Å²) in [5, 5.41) is 11.7. The summed E-state index contributed by atoms with van der Waals surface area (Å²) in [5.41, 5.74) is 0. The van der Waals surface area contributed by atoms with Crippen molar-refractivity contribution < 1.29 is 14.7 Å². The van der Waals surface area contributed by atoms with Crippen molar-refractivity contribution in [3.63, 3.8) is 0 Å². The predicted molar refractivity (Wildman–Crippen MR) is 66.8 cm³/mol. The molecule has 6 heteroatoms. The third kappa shape index (κ3) is 3.65. The highest BCUT2D eigenvalue weighted by Gasteiger charge is 2.34. The molecule has 0 bridgehead atoms. The van der Waals surface area contributed by atoms with Gasteiger partial charge in [0, 0.05) is 18.1 Å². The Morgan fingerprint density at radius 1 is 1.71 bits per heavy atom. The Kier molecular flexibility index (Phi) is 5.32. The van der Waals surface area contributed by atoms with Gasteiger partial charge in [0.15, 0.2) is 0 Å². The Morgan fingerprint density at radius 2 is 2.41 bits per heavy atom. The van der Waals surface area contributed by atoms with Gasteiger partial charge >= 0.3 is 5.97 Å². The number of hydrogen-bond acceptors (Lipinski definition) is 4. The number of thioether (sulfide) groups is 1. The maximum atomic E-state index is 11.7. The maximum Gasteiger partial charge on any atom is 0.321 e. The summed E-state index contributed by atoms with van der Waals surface area (Å²) in [6.07, 6.45) is 5.06. The van der Waals surface area contributed by atoms with E-state index in [2.05, 4.69) is 11.2 Å². The highest BCUT2D eigenvalue weighted by molar-refractivity contribution is 7.99. The minimum Gasteiger partial charge on any atom is -0.480 e. The van der Waals surface area contributed by atoms with Crippen molar-refractivity contribution in [1.29, 1.82) is 0 Å². The Balaban J connectivity index is 2.64. The second-order valence-electron chi connectivity index (χ2n) is 3.76. The number of carboxylic acid groups (broad SMARTS) is 1. The number of aliphatic carboxylic acids is 1. The highest BCUT2D eigenvalue weighted by atomic mass is 32.2. The standard InChI is InChI=1S/C11H16N2O3S/c1-3-4-12-10(14)8(2)13-5-6-17-7-9(13)11(15)16/h1,8-9H,4-7H2,2H3,(H,12,14)(H,15,16). The van der Waals surface area contributed by atoms with Crippen LogP contribution in [0.3, 0.4) is 0 Å². The molecule has 0 aromatic rings. The van der Waals surface area contributed by atoms with Crippen LogP contribution in [0, 0.1) is 12.3 Å². The van der Waals surface area contributed by atoms with E-state index in [1.165, 1.54) is 0 Å². The van der Waals surface area contributed by atoms with Gasteiger partial charge in [-0.2, -0.15) is 11.8 Å². The molecule has 1 saturated heterocycles. The van der Waals surface area contributed by atoms with Crippen LogP contribution in [0.5, 0.6) is 0 Å². The lowest BCUT2D eigenvalue weighted by molar-refractivity contribution is -0.144. The van der Waals surface area contributed by atoms with Crippen LogP contribution < -0.4 is 5.32 Å². The van der Waals surface area contributed by atoms with E-state index in [4.69, 9.17) is 11.5 Å². The van der Waals surface area contributed by atoms with Crippen molar-refractivity contribution in [3.8, 4) is 12.3 Å². The lowest BCUT2D eigenvalue weighted by Gasteiger charge is -2.36. The Hall–Kier alpha value is -1.19. The molecule has 1 aliphatic rings. The lowest BCUT2D eigenvalue weighted by Crippen LogP contribution is -2.56. The summed E-state index contributed by atoms with van der Waals surface area (Å²) in [6, 6.07) is -1.06. The average molecular weight is 256 g/mol. The number of terminal acetylenes is 1.